The van der Waals surface area contributed by atoms with Gasteiger partial charge in [0.05, 0.1) is 38.1 Å². The van der Waals surface area contributed by atoms with E-state index in [2.05, 4.69) is 36.6 Å². The van der Waals surface area contributed by atoms with Crippen molar-refractivity contribution in [3.8, 4) is 0 Å². The molecule has 5 N–H and O–H groups in total. The average Bonchev–Trinajstić information content (AvgIpc) is 2.99. The number of nitrogens with one attached hydrogen (secondary N) is 5. The molecule has 0 saturated heterocycles. The quantitative estimate of drug-likeness (QED) is 0.0395. The van der Waals surface area contributed by atoms with Gasteiger partial charge >= 0.3 is 12.2 Å². The highest BCUT2D eigenvalue weighted by molar-refractivity contribution is 5.82. The topological polar surface area (TPSA) is 240 Å². The number of amides is 5. The van der Waals surface area contributed by atoms with E-state index in [1.165, 1.54) is 0 Å². The van der Waals surface area contributed by atoms with Crippen molar-refractivity contribution in [2.45, 2.75) is 118 Å². The number of carbonyl (C=O) groups is 5. The zero-order valence-corrected chi connectivity index (χ0v) is 32.9. The second kappa shape index (κ2) is 24.4. The Morgan fingerprint density at radius 3 is 1.52 bits per heavy atom. The fourth-order valence-corrected chi connectivity index (χ4v) is 3.96. The first-order valence-electron chi connectivity index (χ1n) is 17.6. The van der Waals surface area contributed by atoms with E-state index in [9.17, 15) is 24.0 Å². The van der Waals surface area contributed by atoms with E-state index in [4.69, 9.17) is 29.2 Å². The molecule has 0 atom stereocenters. The maximum absolute atomic E-state index is 13.3. The van der Waals surface area contributed by atoms with Crippen molar-refractivity contribution in [2.24, 2.45) is 10.5 Å². The monoisotopic (exact) mass is 744 g/mol. The lowest BCUT2D eigenvalue weighted by Gasteiger charge is -2.30. The molecule has 52 heavy (non-hydrogen) atoms. The Balaban J connectivity index is 4.91. The standard InChI is InChI=1S/C34H64N8O10/c1-31(2,3)51-29(46)38-18-16-36-26(43)11-20-48-23-25(24-49-21-12-27(44)37-17-19-39-30(47)52-32(4,5)6)41-28(45)33(7,8)14-22-50-34(9,10)13-15-40-42-35/h25H,11-24H2,1-10H3,(H,36,43)(H,37,44)(H,38,46)(H,39,47)(H,41,45). The van der Waals surface area contributed by atoms with Gasteiger partial charge in [0.2, 0.25) is 17.7 Å². The molecular formula is C34H64N8O10. The molecule has 0 rings (SSSR count). The maximum atomic E-state index is 13.3. The lowest BCUT2D eigenvalue weighted by Crippen LogP contribution is -2.48. The zero-order valence-electron chi connectivity index (χ0n) is 32.9. The van der Waals surface area contributed by atoms with Crippen molar-refractivity contribution in [1.29, 1.82) is 0 Å². The lowest BCUT2D eigenvalue weighted by atomic mass is 9.88. The van der Waals surface area contributed by atoms with Gasteiger partial charge in [-0.1, -0.05) is 19.0 Å². The number of carbonyl (C=O) groups excluding carboxylic acids is 5. The van der Waals surface area contributed by atoms with Crippen molar-refractivity contribution < 1.29 is 47.7 Å². The molecule has 0 unspecified atom stereocenters. The van der Waals surface area contributed by atoms with E-state index in [1.54, 1.807) is 55.4 Å². The molecule has 0 fully saturated rings. The number of rotatable bonds is 25. The summed E-state index contributed by atoms with van der Waals surface area (Å²) in [4.78, 5) is 64.0. The molecule has 0 aliphatic carbocycles. The molecule has 0 aromatic heterocycles. The van der Waals surface area contributed by atoms with Crippen molar-refractivity contribution in [1.82, 2.24) is 26.6 Å². The van der Waals surface area contributed by atoms with Gasteiger partial charge in [0.1, 0.15) is 11.2 Å². The van der Waals surface area contributed by atoms with Crippen LogP contribution in [0.3, 0.4) is 0 Å². The summed E-state index contributed by atoms with van der Waals surface area (Å²) in [6.07, 6.45) is -0.109. The van der Waals surface area contributed by atoms with E-state index in [0.717, 1.165) is 0 Å². The minimum Gasteiger partial charge on any atom is -0.444 e. The van der Waals surface area contributed by atoms with Gasteiger partial charge in [0.15, 0.2) is 0 Å². The minimum atomic E-state index is -0.820. The van der Waals surface area contributed by atoms with Gasteiger partial charge in [-0.05, 0) is 73.8 Å². The van der Waals surface area contributed by atoms with Gasteiger partial charge in [-0.3, -0.25) is 14.4 Å². The summed E-state index contributed by atoms with van der Waals surface area (Å²) < 4.78 is 27.7. The third kappa shape index (κ3) is 27.8. The summed E-state index contributed by atoms with van der Waals surface area (Å²) in [5, 5.41) is 17.0. The number of hydrogen-bond acceptors (Lipinski definition) is 11. The molecule has 0 heterocycles. The van der Waals surface area contributed by atoms with Crippen LogP contribution in [0.2, 0.25) is 0 Å². The Bertz CT molecular complexity index is 1110. The first-order chi connectivity index (χ1) is 24.0. The first-order valence-corrected chi connectivity index (χ1v) is 17.6. The summed E-state index contributed by atoms with van der Waals surface area (Å²) in [7, 11) is 0. The van der Waals surface area contributed by atoms with Gasteiger partial charge in [0.25, 0.3) is 0 Å². The Hall–Kier alpha value is -3.86. The van der Waals surface area contributed by atoms with Gasteiger partial charge in [-0.15, -0.1) is 0 Å². The molecule has 0 aliphatic heterocycles. The van der Waals surface area contributed by atoms with Crippen LogP contribution in [0.5, 0.6) is 0 Å². The van der Waals surface area contributed by atoms with Crippen LogP contribution in [0.25, 0.3) is 10.4 Å². The fourth-order valence-electron chi connectivity index (χ4n) is 3.96. The summed E-state index contributed by atoms with van der Waals surface area (Å²) in [5.74, 6) is -0.817. The Morgan fingerprint density at radius 1 is 0.654 bits per heavy atom. The van der Waals surface area contributed by atoms with Crippen molar-refractivity contribution in [2.75, 3.05) is 65.8 Å². The summed E-state index contributed by atoms with van der Waals surface area (Å²) >= 11 is 0. The lowest BCUT2D eigenvalue weighted by molar-refractivity contribution is -0.133. The van der Waals surface area contributed by atoms with E-state index < -0.39 is 40.4 Å². The third-order valence-electron chi connectivity index (χ3n) is 6.86. The molecule has 18 nitrogen and oxygen atoms in total. The van der Waals surface area contributed by atoms with Crippen LogP contribution in [0.4, 0.5) is 9.59 Å². The first kappa shape index (κ1) is 48.1. The van der Waals surface area contributed by atoms with E-state index in [1.807, 2.05) is 13.8 Å². The smallest absolute Gasteiger partial charge is 0.407 e. The van der Waals surface area contributed by atoms with Gasteiger partial charge in [-0.25, -0.2) is 9.59 Å². The molecule has 0 spiro atoms. The molecule has 0 saturated carbocycles. The molecule has 300 valence electrons. The fraction of sp³-hybridized carbons (Fsp3) is 0.853. The summed E-state index contributed by atoms with van der Waals surface area (Å²) in [6.45, 7) is 19.5. The molecule has 18 heteroatoms. The Labute approximate surface area is 308 Å². The van der Waals surface area contributed by atoms with Gasteiger partial charge < -0.3 is 50.3 Å². The van der Waals surface area contributed by atoms with Crippen LogP contribution >= 0.6 is 0 Å². The number of alkyl carbamates (subject to hydrolysis) is 2. The largest absolute Gasteiger partial charge is 0.444 e. The van der Waals surface area contributed by atoms with Crippen molar-refractivity contribution in [3.05, 3.63) is 10.4 Å². The van der Waals surface area contributed by atoms with E-state index >= 15 is 0 Å². The Morgan fingerprint density at radius 2 is 1.10 bits per heavy atom. The highest BCUT2D eigenvalue weighted by Crippen LogP contribution is 2.23. The average molecular weight is 745 g/mol. The predicted octanol–water partition coefficient (Wildman–Crippen LogP) is 3.48. The van der Waals surface area contributed by atoms with Crippen LogP contribution in [-0.2, 0) is 38.1 Å². The van der Waals surface area contributed by atoms with Crippen LogP contribution in [0, 0.1) is 5.41 Å². The summed E-state index contributed by atoms with van der Waals surface area (Å²) in [5.41, 5.74) is 5.92. The molecule has 0 aromatic rings. The van der Waals surface area contributed by atoms with Crippen molar-refractivity contribution in [3.63, 3.8) is 0 Å². The second-order valence-electron chi connectivity index (χ2n) is 15.3. The minimum absolute atomic E-state index is 0.0424. The van der Waals surface area contributed by atoms with Crippen LogP contribution in [-0.4, -0.2) is 119 Å². The number of hydrogen-bond donors (Lipinski definition) is 5. The third-order valence-corrected chi connectivity index (χ3v) is 6.86. The zero-order chi connectivity index (χ0) is 39.8. The molecule has 0 aromatic carbocycles. The maximum Gasteiger partial charge on any atom is 0.407 e. The molecule has 0 aliphatic rings. The van der Waals surface area contributed by atoms with Crippen molar-refractivity contribution >= 4 is 29.9 Å². The Kier molecular flexibility index (Phi) is 22.6. The number of ether oxygens (including phenoxy) is 5. The van der Waals surface area contributed by atoms with Crippen LogP contribution < -0.4 is 26.6 Å². The molecule has 5 amide bonds. The van der Waals surface area contributed by atoms with Gasteiger partial charge in [-0.2, -0.15) is 0 Å². The van der Waals surface area contributed by atoms with E-state index in [-0.39, 0.29) is 83.2 Å². The molecule has 0 radical (unpaired) electrons. The van der Waals surface area contributed by atoms with Crippen LogP contribution in [0.15, 0.2) is 5.11 Å². The number of nitrogens with zero attached hydrogens (tertiary/aromatic N) is 3. The van der Waals surface area contributed by atoms with E-state index in [0.29, 0.717) is 26.0 Å². The highest BCUT2D eigenvalue weighted by Gasteiger charge is 2.30. The number of azide groups is 1. The SMILES string of the molecule is CC(C)(C)OC(=O)NCCNC(=O)CCOCC(COCCC(=O)NCCNC(=O)OC(C)(C)C)NC(=O)C(C)(C)CCOC(C)(C)CCN=[N+]=[N-]. The second-order valence-corrected chi connectivity index (χ2v) is 15.3. The highest BCUT2D eigenvalue weighted by atomic mass is 16.6. The predicted molar refractivity (Wildman–Crippen MR) is 194 cm³/mol. The molecular weight excluding hydrogens is 680 g/mol. The van der Waals surface area contributed by atoms with Gasteiger partial charge in [0, 0.05) is 62.5 Å². The molecule has 0 bridgehead atoms. The summed E-state index contributed by atoms with van der Waals surface area (Å²) in [6, 6.07) is -0.588. The normalized spacial score (nSPS) is 12.0. The van der Waals surface area contributed by atoms with Crippen LogP contribution in [0.1, 0.15) is 94.9 Å².